The standard InChI is InChI=1S/C14H16FN3O2/c1-2-10-13(15)14(17-9-16-10)18-5-7-20-12(8-18)11-4-3-6-19-11/h3-4,6,9,12H,2,5,7-8H2,1H3. The number of halogens is 1. The Morgan fingerprint density at radius 1 is 1.45 bits per heavy atom. The first-order chi connectivity index (χ1) is 9.79. The third kappa shape index (κ3) is 2.38. The van der Waals surface area contributed by atoms with E-state index in [-0.39, 0.29) is 11.9 Å². The van der Waals surface area contributed by atoms with Gasteiger partial charge in [-0.2, -0.15) is 0 Å². The lowest BCUT2D eigenvalue weighted by atomic mass is 10.2. The summed E-state index contributed by atoms with van der Waals surface area (Å²) in [6.45, 7) is 3.51. The van der Waals surface area contributed by atoms with Gasteiger partial charge in [-0.25, -0.2) is 14.4 Å². The molecule has 1 atom stereocenters. The predicted molar refractivity (Wildman–Crippen MR) is 71.0 cm³/mol. The third-order valence-electron chi connectivity index (χ3n) is 3.40. The van der Waals surface area contributed by atoms with Crippen LogP contribution in [0.2, 0.25) is 0 Å². The summed E-state index contributed by atoms with van der Waals surface area (Å²) in [5.41, 5.74) is 0.441. The van der Waals surface area contributed by atoms with Crippen LogP contribution < -0.4 is 4.90 Å². The lowest BCUT2D eigenvalue weighted by Gasteiger charge is -2.33. The molecular weight excluding hydrogens is 261 g/mol. The minimum Gasteiger partial charge on any atom is -0.467 e. The number of ether oxygens (including phenoxy) is 1. The van der Waals surface area contributed by atoms with Gasteiger partial charge < -0.3 is 14.1 Å². The van der Waals surface area contributed by atoms with Crippen molar-refractivity contribution >= 4 is 5.82 Å². The molecule has 6 heteroatoms. The van der Waals surface area contributed by atoms with Crippen LogP contribution in [0.25, 0.3) is 0 Å². The number of morpholine rings is 1. The average Bonchev–Trinajstić information content (AvgIpc) is 3.02. The summed E-state index contributed by atoms with van der Waals surface area (Å²) in [5, 5.41) is 0. The molecule has 3 heterocycles. The number of nitrogens with zero attached hydrogens (tertiary/aromatic N) is 3. The highest BCUT2D eigenvalue weighted by Crippen LogP contribution is 2.27. The van der Waals surface area contributed by atoms with Crippen molar-refractivity contribution in [2.24, 2.45) is 0 Å². The first kappa shape index (κ1) is 13.1. The third-order valence-corrected chi connectivity index (χ3v) is 3.40. The van der Waals surface area contributed by atoms with Crippen molar-refractivity contribution in [1.29, 1.82) is 0 Å². The number of furan rings is 1. The first-order valence-corrected chi connectivity index (χ1v) is 6.69. The molecule has 0 radical (unpaired) electrons. The number of hydrogen-bond acceptors (Lipinski definition) is 5. The quantitative estimate of drug-likeness (QED) is 0.862. The maximum atomic E-state index is 14.3. The van der Waals surface area contributed by atoms with E-state index in [0.29, 0.717) is 37.6 Å². The molecule has 0 aromatic carbocycles. The van der Waals surface area contributed by atoms with E-state index in [1.54, 1.807) is 6.26 Å². The molecule has 1 aliphatic rings. The van der Waals surface area contributed by atoms with Gasteiger partial charge in [0.05, 0.1) is 25.1 Å². The van der Waals surface area contributed by atoms with E-state index in [1.165, 1.54) is 6.33 Å². The topological polar surface area (TPSA) is 51.4 Å². The predicted octanol–water partition coefficient (Wildman–Crippen LogP) is 2.35. The highest BCUT2D eigenvalue weighted by molar-refractivity contribution is 5.42. The largest absolute Gasteiger partial charge is 0.467 e. The van der Waals surface area contributed by atoms with Crippen molar-refractivity contribution in [3.05, 3.63) is 42.0 Å². The molecule has 0 bridgehead atoms. The van der Waals surface area contributed by atoms with E-state index < -0.39 is 0 Å². The van der Waals surface area contributed by atoms with Gasteiger partial charge in [0.1, 0.15) is 18.2 Å². The molecule has 0 spiro atoms. The summed E-state index contributed by atoms with van der Waals surface area (Å²) < 4.78 is 25.3. The second-order valence-electron chi connectivity index (χ2n) is 4.63. The van der Waals surface area contributed by atoms with Crippen LogP contribution in [0.5, 0.6) is 0 Å². The number of aryl methyl sites for hydroxylation is 1. The van der Waals surface area contributed by atoms with Gasteiger partial charge in [-0.3, -0.25) is 0 Å². The van der Waals surface area contributed by atoms with Crippen LogP contribution in [-0.2, 0) is 11.2 Å². The van der Waals surface area contributed by atoms with Gasteiger partial charge in [-0.15, -0.1) is 0 Å². The Labute approximate surface area is 116 Å². The van der Waals surface area contributed by atoms with Gasteiger partial charge in [0.2, 0.25) is 0 Å². The van der Waals surface area contributed by atoms with Crippen LogP contribution in [0.1, 0.15) is 24.5 Å². The smallest absolute Gasteiger partial charge is 0.187 e. The molecule has 1 aliphatic heterocycles. The fourth-order valence-corrected chi connectivity index (χ4v) is 2.35. The first-order valence-electron chi connectivity index (χ1n) is 6.69. The zero-order chi connectivity index (χ0) is 13.9. The van der Waals surface area contributed by atoms with E-state index in [0.717, 1.165) is 5.76 Å². The second-order valence-corrected chi connectivity index (χ2v) is 4.63. The molecule has 0 aliphatic carbocycles. The van der Waals surface area contributed by atoms with Crippen LogP contribution in [0.15, 0.2) is 29.1 Å². The highest BCUT2D eigenvalue weighted by atomic mass is 19.1. The molecule has 2 aromatic rings. The molecular formula is C14H16FN3O2. The second kappa shape index (κ2) is 5.58. The van der Waals surface area contributed by atoms with E-state index in [4.69, 9.17) is 9.15 Å². The van der Waals surface area contributed by atoms with Gasteiger partial charge in [0.25, 0.3) is 0 Å². The molecule has 3 rings (SSSR count). The number of aromatic nitrogens is 2. The van der Waals surface area contributed by atoms with Crippen molar-refractivity contribution in [2.45, 2.75) is 19.4 Å². The van der Waals surface area contributed by atoms with Gasteiger partial charge in [0.15, 0.2) is 11.6 Å². The van der Waals surface area contributed by atoms with E-state index in [1.807, 2.05) is 24.0 Å². The summed E-state index contributed by atoms with van der Waals surface area (Å²) in [7, 11) is 0. The summed E-state index contributed by atoms with van der Waals surface area (Å²) in [5.74, 6) is 0.756. The SMILES string of the molecule is CCc1ncnc(N2CCOC(c3ccco3)C2)c1F. The number of rotatable bonds is 3. The summed E-state index contributed by atoms with van der Waals surface area (Å²) in [6.07, 6.45) is 3.37. The molecule has 1 fully saturated rings. The lowest BCUT2D eigenvalue weighted by molar-refractivity contribution is 0.0252. The Kier molecular flexibility index (Phi) is 3.64. The molecule has 2 aromatic heterocycles. The van der Waals surface area contributed by atoms with Crippen LogP contribution in [-0.4, -0.2) is 29.7 Å². The maximum absolute atomic E-state index is 14.3. The van der Waals surface area contributed by atoms with Crippen LogP contribution in [0.4, 0.5) is 10.2 Å². The minimum absolute atomic E-state index is 0.196. The molecule has 0 amide bonds. The molecule has 106 valence electrons. The van der Waals surface area contributed by atoms with Crippen molar-refractivity contribution in [1.82, 2.24) is 9.97 Å². The molecule has 0 saturated carbocycles. The maximum Gasteiger partial charge on any atom is 0.187 e. The van der Waals surface area contributed by atoms with Crippen molar-refractivity contribution < 1.29 is 13.5 Å². The molecule has 1 unspecified atom stereocenters. The Hall–Kier alpha value is -1.95. The summed E-state index contributed by atoms with van der Waals surface area (Å²) in [6, 6.07) is 3.68. The van der Waals surface area contributed by atoms with E-state index >= 15 is 0 Å². The zero-order valence-corrected chi connectivity index (χ0v) is 11.3. The van der Waals surface area contributed by atoms with E-state index in [9.17, 15) is 4.39 Å². The zero-order valence-electron chi connectivity index (χ0n) is 11.3. The lowest BCUT2D eigenvalue weighted by Crippen LogP contribution is -2.39. The van der Waals surface area contributed by atoms with Crippen LogP contribution in [0.3, 0.4) is 0 Å². The molecule has 1 saturated heterocycles. The number of anilines is 1. The fraction of sp³-hybridized carbons (Fsp3) is 0.429. The van der Waals surface area contributed by atoms with Gasteiger partial charge in [-0.05, 0) is 18.6 Å². The van der Waals surface area contributed by atoms with Crippen molar-refractivity contribution in [2.75, 3.05) is 24.6 Å². The Morgan fingerprint density at radius 3 is 3.10 bits per heavy atom. The normalized spacial score (nSPS) is 19.3. The molecule has 5 nitrogen and oxygen atoms in total. The minimum atomic E-state index is -0.338. The monoisotopic (exact) mass is 277 g/mol. The summed E-state index contributed by atoms with van der Waals surface area (Å²) >= 11 is 0. The van der Waals surface area contributed by atoms with Gasteiger partial charge in [0, 0.05) is 6.54 Å². The fourth-order valence-electron chi connectivity index (χ4n) is 2.35. The molecule has 20 heavy (non-hydrogen) atoms. The number of hydrogen-bond donors (Lipinski definition) is 0. The van der Waals surface area contributed by atoms with Crippen LogP contribution >= 0.6 is 0 Å². The van der Waals surface area contributed by atoms with Crippen molar-refractivity contribution in [3.8, 4) is 0 Å². The summed E-state index contributed by atoms with van der Waals surface area (Å²) in [4.78, 5) is 9.92. The van der Waals surface area contributed by atoms with Crippen LogP contribution in [0, 0.1) is 5.82 Å². The van der Waals surface area contributed by atoms with Gasteiger partial charge in [-0.1, -0.05) is 6.92 Å². The highest BCUT2D eigenvalue weighted by Gasteiger charge is 2.27. The molecule has 0 N–H and O–H groups in total. The average molecular weight is 277 g/mol. The Balaban J connectivity index is 1.84. The Morgan fingerprint density at radius 2 is 2.35 bits per heavy atom. The Bertz CT molecular complexity index is 574. The van der Waals surface area contributed by atoms with Gasteiger partial charge >= 0.3 is 0 Å². The van der Waals surface area contributed by atoms with Crippen molar-refractivity contribution in [3.63, 3.8) is 0 Å². The van der Waals surface area contributed by atoms with E-state index in [2.05, 4.69) is 9.97 Å².